The molecule has 0 amide bonds. The van der Waals surface area contributed by atoms with E-state index in [1.807, 2.05) is 11.3 Å². The van der Waals surface area contributed by atoms with Gasteiger partial charge in [0.25, 0.3) is 0 Å². The number of benzene rings is 8. The maximum Gasteiger partial charge on any atom is 0.0554 e. The van der Waals surface area contributed by atoms with Crippen molar-refractivity contribution < 1.29 is 0 Å². The molecule has 8 aromatic carbocycles. The van der Waals surface area contributed by atoms with Gasteiger partial charge in [0.15, 0.2) is 0 Å². The molecular formula is C46H28N2S. The number of hydrogen-bond acceptors (Lipinski definition) is 1. The Morgan fingerprint density at radius 2 is 1.04 bits per heavy atom. The first-order valence-corrected chi connectivity index (χ1v) is 17.6. The monoisotopic (exact) mass is 640 g/mol. The number of aromatic nitrogens is 2. The van der Waals surface area contributed by atoms with Gasteiger partial charge in [0.1, 0.15) is 0 Å². The Balaban J connectivity index is 1.30. The SMILES string of the molecule is c1ccc(-n2c3ccccc3c3c(-c4ccc5c(c4)c4ccccc4n5-c4cccc5ccccc45)c4sc5ccccc5c4cc32)cc1. The fourth-order valence-electron chi connectivity index (χ4n) is 8.23. The quantitative estimate of drug-likeness (QED) is 0.182. The Bertz CT molecular complexity index is 3100. The van der Waals surface area contributed by atoms with E-state index < -0.39 is 0 Å². The number of fused-ring (bicyclic) bond motifs is 10. The summed E-state index contributed by atoms with van der Waals surface area (Å²) in [7, 11) is 0. The van der Waals surface area contributed by atoms with Gasteiger partial charge < -0.3 is 9.13 Å². The fraction of sp³-hybridized carbons (Fsp3) is 0. The van der Waals surface area contributed by atoms with Crippen LogP contribution in [0, 0.1) is 0 Å². The molecule has 0 N–H and O–H groups in total. The average Bonchev–Trinajstić information content (AvgIpc) is 3.81. The maximum absolute atomic E-state index is 2.45. The largest absolute Gasteiger partial charge is 0.309 e. The van der Waals surface area contributed by atoms with Crippen LogP contribution in [-0.2, 0) is 0 Å². The number of nitrogens with zero attached hydrogens (tertiary/aromatic N) is 2. The minimum absolute atomic E-state index is 1.17. The van der Waals surface area contributed by atoms with E-state index in [4.69, 9.17) is 0 Å². The van der Waals surface area contributed by atoms with Crippen molar-refractivity contribution in [3.8, 4) is 22.5 Å². The van der Waals surface area contributed by atoms with Gasteiger partial charge in [0.05, 0.1) is 27.8 Å². The van der Waals surface area contributed by atoms with Crippen molar-refractivity contribution in [3.63, 3.8) is 0 Å². The van der Waals surface area contributed by atoms with E-state index in [-0.39, 0.29) is 0 Å². The first-order chi connectivity index (χ1) is 24.3. The number of hydrogen-bond donors (Lipinski definition) is 0. The molecule has 11 rings (SSSR count). The Kier molecular flexibility index (Phi) is 5.57. The van der Waals surface area contributed by atoms with Gasteiger partial charge >= 0.3 is 0 Å². The van der Waals surface area contributed by atoms with E-state index in [1.165, 1.54) is 97.1 Å². The standard InChI is InChI=1S/C46H28N2S/c1-2-15-31(16-3-1)47-40-22-10-7-20-35(40)45-42(47)28-37-34-19-8-11-24-43(34)49-46(37)44(45)30-25-26-41-36(27-30)33-18-6-9-21-39(33)48(41)38-23-12-14-29-13-4-5-17-32(29)38/h1-28H. The zero-order chi connectivity index (χ0) is 32.1. The van der Waals surface area contributed by atoms with Crippen LogP contribution in [-0.4, -0.2) is 9.13 Å². The summed E-state index contributed by atoms with van der Waals surface area (Å²) in [5, 5.41) is 10.2. The van der Waals surface area contributed by atoms with Crippen molar-refractivity contribution >= 4 is 85.9 Å². The van der Waals surface area contributed by atoms with Crippen LogP contribution < -0.4 is 0 Å². The molecule has 3 aromatic heterocycles. The van der Waals surface area contributed by atoms with Crippen LogP contribution in [0.1, 0.15) is 0 Å². The van der Waals surface area contributed by atoms with E-state index in [0.717, 1.165) is 0 Å². The molecule has 0 aliphatic heterocycles. The lowest BCUT2D eigenvalue weighted by atomic mass is 9.95. The smallest absolute Gasteiger partial charge is 0.0554 e. The van der Waals surface area contributed by atoms with E-state index in [9.17, 15) is 0 Å². The molecule has 0 fully saturated rings. The second-order valence-corrected chi connectivity index (χ2v) is 13.9. The summed E-state index contributed by atoms with van der Waals surface area (Å²) in [4.78, 5) is 0. The van der Waals surface area contributed by atoms with E-state index in [1.54, 1.807) is 0 Å². The highest BCUT2D eigenvalue weighted by atomic mass is 32.1. The normalized spacial score (nSPS) is 12.1. The molecular weight excluding hydrogens is 613 g/mol. The van der Waals surface area contributed by atoms with Crippen LogP contribution >= 0.6 is 11.3 Å². The lowest BCUT2D eigenvalue weighted by Crippen LogP contribution is -1.95. The predicted molar refractivity (Wildman–Crippen MR) is 211 cm³/mol. The summed E-state index contributed by atoms with van der Waals surface area (Å²) < 4.78 is 7.55. The summed E-state index contributed by atoms with van der Waals surface area (Å²) in [6, 6.07) is 62.3. The zero-order valence-corrected chi connectivity index (χ0v) is 27.3. The molecule has 11 aromatic rings. The van der Waals surface area contributed by atoms with E-state index in [0.29, 0.717) is 0 Å². The van der Waals surface area contributed by atoms with Crippen LogP contribution in [0.5, 0.6) is 0 Å². The molecule has 2 nitrogen and oxygen atoms in total. The average molecular weight is 641 g/mol. The minimum Gasteiger partial charge on any atom is -0.309 e. The second kappa shape index (κ2) is 10.2. The molecule has 0 spiro atoms. The first-order valence-electron chi connectivity index (χ1n) is 16.8. The molecule has 49 heavy (non-hydrogen) atoms. The van der Waals surface area contributed by atoms with Gasteiger partial charge in [-0.05, 0) is 65.5 Å². The Hall–Kier alpha value is -6.16. The number of thiophene rings is 1. The molecule has 0 aliphatic rings. The third-order valence-corrected chi connectivity index (χ3v) is 11.5. The highest BCUT2D eigenvalue weighted by Gasteiger charge is 2.23. The molecule has 228 valence electrons. The lowest BCUT2D eigenvalue weighted by Gasteiger charge is -2.13. The molecule has 0 bridgehead atoms. The van der Waals surface area contributed by atoms with Crippen LogP contribution in [0.25, 0.3) is 97.1 Å². The van der Waals surface area contributed by atoms with Crippen LogP contribution in [0.3, 0.4) is 0 Å². The van der Waals surface area contributed by atoms with Gasteiger partial charge in [-0.15, -0.1) is 11.3 Å². The predicted octanol–water partition coefficient (Wildman–Crippen LogP) is 13.1. The van der Waals surface area contributed by atoms with Crippen LogP contribution in [0.15, 0.2) is 170 Å². The van der Waals surface area contributed by atoms with Crippen molar-refractivity contribution in [2.24, 2.45) is 0 Å². The summed E-state index contributed by atoms with van der Waals surface area (Å²) in [5.41, 5.74) is 9.82. The van der Waals surface area contributed by atoms with Gasteiger partial charge in [-0.25, -0.2) is 0 Å². The third-order valence-electron chi connectivity index (χ3n) is 10.3. The van der Waals surface area contributed by atoms with Crippen molar-refractivity contribution in [1.29, 1.82) is 0 Å². The summed E-state index contributed by atoms with van der Waals surface area (Å²) in [6.45, 7) is 0. The Labute approximate surface area is 286 Å². The van der Waals surface area contributed by atoms with Gasteiger partial charge in [0.2, 0.25) is 0 Å². The summed E-state index contributed by atoms with van der Waals surface area (Å²) in [5.74, 6) is 0. The number of rotatable bonds is 3. The van der Waals surface area contributed by atoms with Gasteiger partial charge in [-0.3, -0.25) is 0 Å². The molecule has 0 unspecified atom stereocenters. The van der Waals surface area contributed by atoms with Crippen molar-refractivity contribution in [2.45, 2.75) is 0 Å². The summed E-state index contributed by atoms with van der Waals surface area (Å²) in [6.07, 6.45) is 0. The highest BCUT2D eigenvalue weighted by Crippen LogP contribution is 2.48. The lowest BCUT2D eigenvalue weighted by molar-refractivity contribution is 1.18. The summed E-state index contributed by atoms with van der Waals surface area (Å²) >= 11 is 1.91. The number of para-hydroxylation sites is 3. The van der Waals surface area contributed by atoms with Gasteiger partial charge in [0, 0.05) is 58.4 Å². The fourth-order valence-corrected chi connectivity index (χ4v) is 9.48. The van der Waals surface area contributed by atoms with E-state index in [2.05, 4.69) is 179 Å². The van der Waals surface area contributed by atoms with Crippen molar-refractivity contribution in [3.05, 3.63) is 170 Å². The Morgan fingerprint density at radius 3 is 1.90 bits per heavy atom. The molecule has 0 radical (unpaired) electrons. The Morgan fingerprint density at radius 1 is 0.388 bits per heavy atom. The van der Waals surface area contributed by atoms with E-state index >= 15 is 0 Å². The van der Waals surface area contributed by atoms with Crippen LogP contribution in [0.4, 0.5) is 0 Å². The van der Waals surface area contributed by atoms with Gasteiger partial charge in [-0.2, -0.15) is 0 Å². The molecule has 3 heterocycles. The molecule has 0 aliphatic carbocycles. The van der Waals surface area contributed by atoms with Crippen molar-refractivity contribution in [2.75, 3.05) is 0 Å². The molecule has 3 heteroatoms. The third kappa shape index (κ3) is 3.76. The maximum atomic E-state index is 2.45. The zero-order valence-electron chi connectivity index (χ0n) is 26.5. The highest BCUT2D eigenvalue weighted by molar-refractivity contribution is 7.26. The van der Waals surface area contributed by atoms with Gasteiger partial charge in [-0.1, -0.05) is 115 Å². The molecule has 0 atom stereocenters. The van der Waals surface area contributed by atoms with Crippen LogP contribution in [0.2, 0.25) is 0 Å². The first kappa shape index (κ1) is 26.9. The second-order valence-electron chi connectivity index (χ2n) is 12.9. The minimum atomic E-state index is 1.17. The van der Waals surface area contributed by atoms with Crippen molar-refractivity contribution in [1.82, 2.24) is 9.13 Å². The molecule has 0 saturated carbocycles. The topological polar surface area (TPSA) is 9.86 Å². The molecule has 0 saturated heterocycles.